The summed E-state index contributed by atoms with van der Waals surface area (Å²) in [4.78, 5) is 29.8. The van der Waals surface area contributed by atoms with E-state index in [-0.39, 0.29) is 58.2 Å². The molecule has 0 saturated heterocycles. The predicted octanol–water partition coefficient (Wildman–Crippen LogP) is 3.82. The molecule has 32 heavy (non-hydrogen) atoms. The van der Waals surface area contributed by atoms with Crippen molar-refractivity contribution in [1.29, 1.82) is 5.26 Å². The molecule has 1 aromatic heterocycles. The van der Waals surface area contributed by atoms with Gasteiger partial charge in [-0.1, -0.05) is 0 Å². The van der Waals surface area contributed by atoms with E-state index < -0.39 is 39.7 Å². The molecule has 2 rings (SSSR count). The molecule has 4 N–H and O–H groups in total. The number of alkyl halides is 2. The van der Waals surface area contributed by atoms with E-state index in [4.69, 9.17) is 24.9 Å². The van der Waals surface area contributed by atoms with E-state index in [0.29, 0.717) is 11.3 Å². The third kappa shape index (κ3) is 6.32. The number of ketones is 1. The van der Waals surface area contributed by atoms with Crippen LogP contribution < -0.4 is 9.88 Å². The van der Waals surface area contributed by atoms with Gasteiger partial charge in [0, 0.05) is 28.3 Å². The van der Waals surface area contributed by atoms with Gasteiger partial charge >= 0.3 is 13.3 Å². The van der Waals surface area contributed by atoms with E-state index in [1.807, 2.05) is 6.07 Å². The molecule has 0 unspecified atom stereocenters. The Morgan fingerprint density at radius 3 is 2.56 bits per heavy atom. The monoisotopic (exact) mass is 574 g/mol. The summed E-state index contributed by atoms with van der Waals surface area (Å²) in [6, 6.07) is 4.49. The van der Waals surface area contributed by atoms with E-state index in [1.165, 1.54) is 12.1 Å². The Hall–Kier alpha value is -1.46. The number of carbonyl (C=O) groups is 1. The van der Waals surface area contributed by atoms with Gasteiger partial charge in [-0.3, -0.25) is 9.36 Å². The second-order valence-electron chi connectivity index (χ2n) is 6.69. The molecule has 0 fully saturated rings. The average molecular weight is 575 g/mol. The smallest absolute Gasteiger partial charge is 0.400 e. The number of ether oxygens (including phenoxy) is 1. The highest BCUT2D eigenvalue weighted by Gasteiger charge is 2.53. The van der Waals surface area contributed by atoms with Crippen LogP contribution in [0.5, 0.6) is 5.75 Å². The summed E-state index contributed by atoms with van der Waals surface area (Å²) >= 11 is 3.33. The van der Waals surface area contributed by atoms with Crippen LogP contribution in [0.25, 0.3) is 10.1 Å². The average Bonchev–Trinajstić information content (AvgIpc) is 3.01. The van der Waals surface area contributed by atoms with Gasteiger partial charge in [0.15, 0.2) is 5.78 Å². The van der Waals surface area contributed by atoms with E-state index >= 15 is 0 Å². The van der Waals surface area contributed by atoms with Crippen molar-refractivity contribution in [2.75, 3.05) is 12.4 Å². The summed E-state index contributed by atoms with van der Waals surface area (Å²) in [6.45, 7) is -0.169. The summed E-state index contributed by atoms with van der Waals surface area (Å²) < 4.78 is 67.6. The van der Waals surface area contributed by atoms with Gasteiger partial charge in [-0.05, 0) is 40.9 Å². The van der Waals surface area contributed by atoms with Gasteiger partial charge in [0.25, 0.3) is 0 Å². The van der Waals surface area contributed by atoms with Crippen LogP contribution in [-0.2, 0) is 20.3 Å². The highest BCUT2D eigenvalue weighted by molar-refractivity contribution is 9.10. The third-order valence-corrected chi connectivity index (χ3v) is 8.52. The normalized spacial score (nSPS) is 12.7. The first-order valence-corrected chi connectivity index (χ1v) is 13.9. The van der Waals surface area contributed by atoms with Crippen LogP contribution >= 0.6 is 34.9 Å². The number of nitrogens with zero attached hydrogens (tertiary/aromatic N) is 1. The Morgan fingerprint density at radius 1 is 1.34 bits per heavy atom. The zero-order valence-electron chi connectivity index (χ0n) is 16.3. The molecular weight excluding hydrogens is 557 g/mol. The number of nitrogens with two attached hydrogens (primary N) is 1. The number of carbonyl (C=O) groups excluding carboxylic acids is 1. The molecular formula is C17H18BrF2N2O7PS2. The van der Waals surface area contributed by atoms with Gasteiger partial charge in [-0.2, -0.15) is 14.0 Å². The Labute approximate surface area is 194 Å². The zero-order chi connectivity index (χ0) is 24.3. The minimum Gasteiger partial charge on any atom is -0.492 e. The molecule has 15 heteroatoms. The second-order valence-corrected chi connectivity index (χ2v) is 11.9. The number of nitriles is 1. The second kappa shape index (κ2) is 10.2. The summed E-state index contributed by atoms with van der Waals surface area (Å²) in [5, 5.41) is 13.6. The maximum absolute atomic E-state index is 14.4. The minimum atomic E-state index is -5.85. The quantitative estimate of drug-likeness (QED) is 0.206. The maximum Gasteiger partial charge on any atom is 0.400 e. The molecule has 0 spiro atoms. The molecule has 1 heterocycles. The molecule has 0 saturated carbocycles. The van der Waals surface area contributed by atoms with Gasteiger partial charge in [-0.15, -0.1) is 11.3 Å². The lowest BCUT2D eigenvalue weighted by Gasteiger charge is -2.16. The highest BCUT2D eigenvalue weighted by Crippen LogP contribution is 2.63. The lowest BCUT2D eigenvalue weighted by atomic mass is 10.0. The topological polar surface area (TPSA) is 168 Å². The lowest BCUT2D eigenvalue weighted by molar-refractivity contribution is 0.0595. The largest absolute Gasteiger partial charge is 0.492 e. The summed E-state index contributed by atoms with van der Waals surface area (Å²) in [7, 11) is -9.60. The fourth-order valence-corrected chi connectivity index (χ4v) is 6.14. The first-order valence-electron chi connectivity index (χ1n) is 8.92. The fraction of sp³-hybridized carbons (Fsp3) is 0.412. The van der Waals surface area contributed by atoms with Crippen molar-refractivity contribution < 1.29 is 41.1 Å². The number of unbranched alkanes of at least 4 members (excludes halogenated alkanes) is 1. The van der Waals surface area contributed by atoms with Gasteiger partial charge in [0.1, 0.15) is 10.6 Å². The Morgan fingerprint density at radius 2 is 2.00 bits per heavy atom. The molecule has 0 radical (unpaired) electrons. The van der Waals surface area contributed by atoms with Crippen molar-refractivity contribution in [3.05, 3.63) is 27.0 Å². The Bertz CT molecular complexity index is 1220. The minimum absolute atomic E-state index is 0.0111. The first kappa shape index (κ1) is 26.8. The number of sulfonamides is 1. The van der Waals surface area contributed by atoms with Crippen molar-refractivity contribution in [3.63, 3.8) is 0 Å². The van der Waals surface area contributed by atoms with Gasteiger partial charge in [0.05, 0.1) is 23.1 Å². The molecule has 0 aliphatic carbocycles. The molecule has 0 bridgehead atoms. The molecule has 0 atom stereocenters. The van der Waals surface area contributed by atoms with Gasteiger partial charge < -0.3 is 14.5 Å². The van der Waals surface area contributed by atoms with Crippen LogP contribution in [0.2, 0.25) is 0 Å². The Balaban J connectivity index is 2.54. The van der Waals surface area contributed by atoms with E-state index in [2.05, 4.69) is 15.9 Å². The maximum atomic E-state index is 14.4. The number of thiophene rings is 1. The van der Waals surface area contributed by atoms with Crippen LogP contribution in [0.1, 0.15) is 40.9 Å². The molecule has 0 aliphatic heterocycles. The number of hydrogen-bond donors (Lipinski definition) is 3. The van der Waals surface area contributed by atoms with Crippen molar-refractivity contribution in [2.24, 2.45) is 5.14 Å². The Kier molecular flexibility index (Phi) is 8.55. The number of hydrogen-bond acceptors (Lipinski definition) is 7. The number of halogens is 3. The third-order valence-electron chi connectivity index (χ3n) is 4.18. The van der Waals surface area contributed by atoms with E-state index in [9.17, 15) is 26.6 Å². The molecule has 176 valence electrons. The standard InChI is InChI=1S/C17H18BrF2N2O7PS2/c18-14-11-8-10(12(23)4-1-2-5-21)9-13(29-6-3-7-32(22,27)28)15(11)31-16(14)17(19,20)30(24,25)26/h8-9H,1-4,6-7H2,(H2,22,27,28)(H2,24,25,26). The van der Waals surface area contributed by atoms with Crippen LogP contribution in [0.4, 0.5) is 8.78 Å². The first-order chi connectivity index (χ1) is 14.7. The molecule has 0 aliphatic rings. The number of rotatable bonds is 11. The molecule has 2 aromatic rings. The molecule has 0 amide bonds. The van der Waals surface area contributed by atoms with Gasteiger partial charge in [0.2, 0.25) is 10.0 Å². The summed E-state index contributed by atoms with van der Waals surface area (Å²) in [5.74, 6) is -0.810. The van der Waals surface area contributed by atoms with Crippen molar-refractivity contribution >= 4 is 60.8 Å². The van der Waals surface area contributed by atoms with E-state index in [1.54, 1.807) is 0 Å². The number of fused-ring (bicyclic) bond motifs is 1. The molecule has 9 nitrogen and oxygen atoms in total. The number of primary sulfonamides is 1. The number of benzene rings is 1. The van der Waals surface area contributed by atoms with Crippen molar-refractivity contribution in [3.8, 4) is 11.8 Å². The number of Topliss-reactive ketones (excluding diaryl/α,β-unsaturated/α-hetero) is 1. The predicted molar refractivity (Wildman–Crippen MR) is 117 cm³/mol. The van der Waals surface area contributed by atoms with Crippen LogP contribution in [0.15, 0.2) is 16.6 Å². The molecule has 1 aromatic carbocycles. The lowest BCUT2D eigenvalue weighted by Crippen LogP contribution is -2.18. The summed E-state index contributed by atoms with van der Waals surface area (Å²) in [5.41, 5.74) is -4.40. The summed E-state index contributed by atoms with van der Waals surface area (Å²) in [6.07, 6.45) is 0.422. The fourth-order valence-electron chi connectivity index (χ4n) is 2.65. The highest BCUT2D eigenvalue weighted by atomic mass is 79.9. The zero-order valence-corrected chi connectivity index (χ0v) is 20.4. The van der Waals surface area contributed by atoms with Crippen molar-refractivity contribution in [2.45, 2.75) is 31.3 Å². The van der Waals surface area contributed by atoms with Crippen LogP contribution in [0, 0.1) is 11.3 Å². The van der Waals surface area contributed by atoms with Crippen LogP contribution in [-0.4, -0.2) is 36.3 Å². The van der Waals surface area contributed by atoms with Gasteiger partial charge in [-0.25, -0.2) is 13.6 Å². The SMILES string of the molecule is N#CCCCC(=O)c1cc(OCCCS(N)(=O)=O)c2sc(C(F)(F)P(=O)(O)O)c(Br)c2c1. The van der Waals surface area contributed by atoms with E-state index in [0.717, 1.165) is 0 Å². The van der Waals surface area contributed by atoms with Crippen molar-refractivity contribution in [1.82, 2.24) is 0 Å². The van der Waals surface area contributed by atoms with Crippen LogP contribution in [0.3, 0.4) is 0 Å².